The Balaban J connectivity index is 1.64. The van der Waals surface area contributed by atoms with E-state index in [1.54, 1.807) is 5.56 Å². The molecule has 0 aromatic heterocycles. The summed E-state index contributed by atoms with van der Waals surface area (Å²) in [5.74, 6) is 2.03. The maximum atomic E-state index is 2.71. The fraction of sp³-hybridized carbons (Fsp3) is 0.647. The Morgan fingerprint density at radius 2 is 2.05 bits per heavy atom. The van der Waals surface area contributed by atoms with Gasteiger partial charge in [0, 0.05) is 23.1 Å². The highest BCUT2D eigenvalue weighted by molar-refractivity contribution is 7.99. The Labute approximate surface area is 121 Å². The Hall–Kier alpha value is -0.470. The van der Waals surface area contributed by atoms with Crippen LogP contribution in [-0.2, 0) is 0 Å². The quantitative estimate of drug-likeness (QED) is 0.787. The van der Waals surface area contributed by atoms with Crippen molar-refractivity contribution >= 4 is 11.8 Å². The number of hydrogen-bond acceptors (Lipinski definition) is 2. The third-order valence-corrected chi connectivity index (χ3v) is 5.96. The van der Waals surface area contributed by atoms with Crippen molar-refractivity contribution in [1.82, 2.24) is 4.90 Å². The second kappa shape index (κ2) is 5.49. The van der Waals surface area contributed by atoms with Gasteiger partial charge in [-0.2, -0.15) is 0 Å². The molecule has 1 saturated heterocycles. The molecule has 2 aliphatic heterocycles. The Kier molecular flexibility index (Phi) is 3.91. The van der Waals surface area contributed by atoms with E-state index in [2.05, 4.69) is 43.0 Å². The average molecular weight is 275 g/mol. The standard InChI is InChI=1S/C17H25NS/c1-17(2)8-5-10-18(11-9-17)12-14-13-19-16-7-4-3-6-15(14)16/h3-4,6-7,14H,5,8-13H2,1-2H3. The third-order valence-electron chi connectivity index (χ3n) is 4.71. The summed E-state index contributed by atoms with van der Waals surface area (Å²) >= 11 is 2.04. The largest absolute Gasteiger partial charge is 0.303 e. The molecule has 1 aromatic rings. The Morgan fingerprint density at radius 3 is 2.95 bits per heavy atom. The normalized spacial score (nSPS) is 26.9. The van der Waals surface area contributed by atoms with Crippen LogP contribution in [0.1, 0.15) is 44.6 Å². The second-order valence-electron chi connectivity index (χ2n) is 6.86. The molecule has 0 bridgehead atoms. The molecule has 19 heavy (non-hydrogen) atoms. The predicted molar refractivity (Wildman–Crippen MR) is 84.0 cm³/mol. The lowest BCUT2D eigenvalue weighted by molar-refractivity contribution is 0.253. The molecule has 0 N–H and O–H groups in total. The average Bonchev–Trinajstić information content (AvgIpc) is 2.70. The van der Waals surface area contributed by atoms with Gasteiger partial charge in [-0.15, -0.1) is 11.8 Å². The number of rotatable bonds is 2. The summed E-state index contributed by atoms with van der Waals surface area (Å²) in [6, 6.07) is 8.99. The summed E-state index contributed by atoms with van der Waals surface area (Å²) in [6.45, 7) is 8.71. The minimum absolute atomic E-state index is 0.553. The fourth-order valence-corrected chi connectivity index (χ4v) is 4.60. The van der Waals surface area contributed by atoms with E-state index in [-0.39, 0.29) is 0 Å². The van der Waals surface area contributed by atoms with Crippen LogP contribution in [0.15, 0.2) is 29.2 Å². The first kappa shape index (κ1) is 13.5. The van der Waals surface area contributed by atoms with Crippen LogP contribution in [0, 0.1) is 5.41 Å². The fourth-order valence-electron chi connectivity index (χ4n) is 3.35. The van der Waals surface area contributed by atoms with E-state index < -0.39 is 0 Å². The number of fused-ring (bicyclic) bond motifs is 1. The van der Waals surface area contributed by atoms with E-state index in [1.807, 2.05) is 11.8 Å². The van der Waals surface area contributed by atoms with E-state index in [1.165, 1.54) is 49.5 Å². The summed E-state index contributed by atoms with van der Waals surface area (Å²) in [4.78, 5) is 4.23. The highest BCUT2D eigenvalue weighted by atomic mass is 32.2. The monoisotopic (exact) mass is 275 g/mol. The lowest BCUT2D eigenvalue weighted by Gasteiger charge is -2.25. The zero-order valence-corrected chi connectivity index (χ0v) is 13.0. The SMILES string of the molecule is CC1(C)CCCN(CC2CSc3ccccc32)CC1. The maximum absolute atomic E-state index is 2.71. The number of nitrogens with zero attached hydrogens (tertiary/aromatic N) is 1. The second-order valence-corrected chi connectivity index (χ2v) is 7.93. The van der Waals surface area contributed by atoms with Crippen LogP contribution in [0.2, 0.25) is 0 Å². The van der Waals surface area contributed by atoms with Gasteiger partial charge in [0.05, 0.1) is 0 Å². The van der Waals surface area contributed by atoms with Crippen LogP contribution in [-0.4, -0.2) is 30.3 Å². The Bertz CT molecular complexity index is 441. The third kappa shape index (κ3) is 3.17. The lowest BCUT2D eigenvalue weighted by Crippen LogP contribution is -2.30. The molecule has 2 heteroatoms. The molecule has 1 unspecified atom stereocenters. The highest BCUT2D eigenvalue weighted by Gasteiger charge is 2.27. The molecular formula is C17H25NS. The molecule has 1 aromatic carbocycles. The summed E-state index contributed by atoms with van der Waals surface area (Å²) in [5.41, 5.74) is 2.15. The van der Waals surface area contributed by atoms with Crippen LogP contribution in [0.4, 0.5) is 0 Å². The number of likely N-dealkylation sites (tertiary alicyclic amines) is 1. The van der Waals surface area contributed by atoms with Crippen LogP contribution in [0.25, 0.3) is 0 Å². The lowest BCUT2D eigenvalue weighted by atomic mass is 9.85. The van der Waals surface area contributed by atoms with Crippen LogP contribution in [0.3, 0.4) is 0 Å². The molecule has 2 heterocycles. The van der Waals surface area contributed by atoms with Gasteiger partial charge >= 0.3 is 0 Å². The van der Waals surface area contributed by atoms with Crippen LogP contribution >= 0.6 is 11.8 Å². The van der Waals surface area contributed by atoms with Crippen molar-refractivity contribution in [1.29, 1.82) is 0 Å². The maximum Gasteiger partial charge on any atom is 0.0108 e. The Morgan fingerprint density at radius 1 is 1.21 bits per heavy atom. The van der Waals surface area contributed by atoms with Gasteiger partial charge in [-0.25, -0.2) is 0 Å². The molecule has 0 saturated carbocycles. The number of benzene rings is 1. The van der Waals surface area contributed by atoms with Crippen molar-refractivity contribution < 1.29 is 0 Å². The van der Waals surface area contributed by atoms with Gasteiger partial charge in [-0.05, 0) is 49.4 Å². The molecule has 1 atom stereocenters. The molecule has 3 rings (SSSR count). The topological polar surface area (TPSA) is 3.24 Å². The zero-order valence-electron chi connectivity index (χ0n) is 12.2. The molecule has 104 valence electrons. The van der Waals surface area contributed by atoms with Crippen LogP contribution in [0.5, 0.6) is 0 Å². The highest BCUT2D eigenvalue weighted by Crippen LogP contribution is 2.40. The first-order valence-electron chi connectivity index (χ1n) is 7.58. The van der Waals surface area contributed by atoms with E-state index in [9.17, 15) is 0 Å². The molecule has 0 amide bonds. The first-order chi connectivity index (χ1) is 9.14. The molecule has 0 radical (unpaired) electrons. The first-order valence-corrected chi connectivity index (χ1v) is 8.57. The van der Waals surface area contributed by atoms with Gasteiger partial charge in [0.1, 0.15) is 0 Å². The van der Waals surface area contributed by atoms with Crippen molar-refractivity contribution in [3.05, 3.63) is 29.8 Å². The minimum Gasteiger partial charge on any atom is -0.303 e. The molecule has 0 aliphatic carbocycles. The summed E-state index contributed by atoms with van der Waals surface area (Å²) in [5, 5.41) is 0. The zero-order chi connectivity index (χ0) is 13.3. The van der Waals surface area contributed by atoms with Gasteiger partial charge < -0.3 is 4.90 Å². The summed E-state index contributed by atoms with van der Waals surface area (Å²) < 4.78 is 0. The van der Waals surface area contributed by atoms with Crippen molar-refractivity contribution in [3.63, 3.8) is 0 Å². The van der Waals surface area contributed by atoms with Crippen molar-refractivity contribution in [2.45, 2.75) is 43.9 Å². The van der Waals surface area contributed by atoms with Gasteiger partial charge in [-0.3, -0.25) is 0 Å². The smallest absolute Gasteiger partial charge is 0.0108 e. The molecular weight excluding hydrogens is 250 g/mol. The van der Waals surface area contributed by atoms with E-state index >= 15 is 0 Å². The summed E-state index contributed by atoms with van der Waals surface area (Å²) in [6.07, 6.45) is 4.11. The van der Waals surface area contributed by atoms with Gasteiger partial charge in [0.2, 0.25) is 0 Å². The molecule has 0 spiro atoms. The van der Waals surface area contributed by atoms with Crippen molar-refractivity contribution in [2.24, 2.45) is 5.41 Å². The molecule has 2 aliphatic rings. The minimum atomic E-state index is 0.553. The van der Waals surface area contributed by atoms with Crippen molar-refractivity contribution in [3.8, 4) is 0 Å². The van der Waals surface area contributed by atoms with Crippen molar-refractivity contribution in [2.75, 3.05) is 25.4 Å². The van der Waals surface area contributed by atoms with Gasteiger partial charge in [0.15, 0.2) is 0 Å². The predicted octanol–water partition coefficient (Wildman–Crippen LogP) is 4.39. The van der Waals surface area contributed by atoms with Gasteiger partial charge in [-0.1, -0.05) is 32.0 Å². The van der Waals surface area contributed by atoms with E-state index in [0.717, 1.165) is 5.92 Å². The van der Waals surface area contributed by atoms with Crippen LogP contribution < -0.4 is 0 Å². The molecule has 1 nitrogen and oxygen atoms in total. The van der Waals surface area contributed by atoms with Gasteiger partial charge in [0.25, 0.3) is 0 Å². The van der Waals surface area contributed by atoms with E-state index in [0.29, 0.717) is 5.41 Å². The number of thioether (sulfide) groups is 1. The summed E-state index contributed by atoms with van der Waals surface area (Å²) in [7, 11) is 0. The molecule has 1 fully saturated rings. The number of hydrogen-bond donors (Lipinski definition) is 0. The van der Waals surface area contributed by atoms with E-state index in [4.69, 9.17) is 0 Å².